The van der Waals surface area contributed by atoms with Crippen LogP contribution in [0.2, 0.25) is 5.02 Å². The fourth-order valence-corrected chi connectivity index (χ4v) is 3.11. The average molecular weight is 286 g/mol. The van der Waals surface area contributed by atoms with E-state index in [1.807, 2.05) is 31.5 Å². The van der Waals surface area contributed by atoms with E-state index in [1.54, 1.807) is 0 Å². The highest BCUT2D eigenvalue weighted by Crippen LogP contribution is 2.46. The van der Waals surface area contributed by atoms with Gasteiger partial charge < -0.3 is 0 Å². The van der Waals surface area contributed by atoms with E-state index in [-0.39, 0.29) is 5.41 Å². The number of rotatable bonds is 1. The Labute approximate surface area is 123 Å². The molecule has 3 rings (SSSR count). The third-order valence-corrected chi connectivity index (χ3v) is 4.14. The van der Waals surface area contributed by atoms with Crippen LogP contribution in [0, 0.1) is 13.8 Å². The zero-order valence-corrected chi connectivity index (χ0v) is 12.8. The first-order valence-corrected chi connectivity index (χ1v) is 6.97. The van der Waals surface area contributed by atoms with Gasteiger partial charge in [-0.15, -0.1) is 0 Å². The largest absolute Gasteiger partial charge is 0.251 e. The van der Waals surface area contributed by atoms with Gasteiger partial charge in [0, 0.05) is 34.0 Å². The molecule has 0 fully saturated rings. The number of aliphatic imine (C=N–C) groups is 1. The van der Waals surface area contributed by atoms with Crippen LogP contribution < -0.4 is 0 Å². The molecule has 2 aromatic rings. The Morgan fingerprint density at radius 2 is 1.70 bits per heavy atom. The Morgan fingerprint density at radius 3 is 2.30 bits per heavy atom. The summed E-state index contributed by atoms with van der Waals surface area (Å²) in [5.41, 5.74) is 4.90. The van der Waals surface area contributed by atoms with Crippen molar-refractivity contribution in [1.29, 1.82) is 0 Å². The van der Waals surface area contributed by atoms with Crippen molar-refractivity contribution >= 4 is 23.0 Å². The first-order valence-electron chi connectivity index (χ1n) is 6.59. The van der Waals surface area contributed by atoms with Crippen LogP contribution in [0.4, 0.5) is 5.69 Å². The molecule has 102 valence electrons. The van der Waals surface area contributed by atoms with E-state index < -0.39 is 0 Å². The summed E-state index contributed by atoms with van der Waals surface area (Å²) < 4.78 is 0. The molecule has 1 aromatic carbocycles. The second-order valence-electron chi connectivity index (χ2n) is 5.69. The van der Waals surface area contributed by atoms with Gasteiger partial charge >= 0.3 is 0 Å². The Bertz CT molecular complexity index is 715. The van der Waals surface area contributed by atoms with Gasteiger partial charge in [-0.1, -0.05) is 17.7 Å². The molecule has 0 unspecified atom stereocenters. The van der Waals surface area contributed by atoms with Gasteiger partial charge in [-0.05, 0) is 39.3 Å². The number of hydrogen-bond donors (Lipinski definition) is 0. The molecule has 2 heterocycles. The first kappa shape index (κ1) is 13.3. The summed E-state index contributed by atoms with van der Waals surface area (Å²) in [6.45, 7) is 8.22. The maximum Gasteiger partial charge on any atom is 0.125 e. The number of hydrogen-bond acceptors (Lipinski definition) is 3. The van der Waals surface area contributed by atoms with E-state index in [4.69, 9.17) is 16.6 Å². The number of nitrogens with zero attached hydrogens (tertiary/aromatic N) is 3. The van der Waals surface area contributed by atoms with Gasteiger partial charge in [0.25, 0.3) is 0 Å². The third kappa shape index (κ3) is 1.85. The highest BCUT2D eigenvalue weighted by molar-refractivity contribution is 6.33. The lowest BCUT2D eigenvalue weighted by Gasteiger charge is -2.23. The monoisotopic (exact) mass is 285 g/mol. The Kier molecular flexibility index (Phi) is 2.91. The fraction of sp³-hybridized carbons (Fsp3) is 0.312. The predicted octanol–water partition coefficient (Wildman–Crippen LogP) is 4.16. The SMILES string of the molecule is Cc1ncc(C2=Nc3c(C)ccc(Cl)c3C2(C)C)cn1. The van der Waals surface area contributed by atoms with Crippen LogP contribution in [-0.2, 0) is 5.41 Å². The molecule has 1 aromatic heterocycles. The molecule has 4 heteroatoms. The minimum Gasteiger partial charge on any atom is -0.251 e. The van der Waals surface area contributed by atoms with Crippen LogP contribution in [0.1, 0.15) is 36.4 Å². The quantitative estimate of drug-likeness (QED) is 0.789. The summed E-state index contributed by atoms with van der Waals surface area (Å²) in [6.07, 6.45) is 3.66. The number of aromatic nitrogens is 2. The summed E-state index contributed by atoms with van der Waals surface area (Å²) in [5.74, 6) is 0.761. The van der Waals surface area contributed by atoms with Crippen LogP contribution in [0.15, 0.2) is 29.5 Å². The van der Waals surface area contributed by atoms with E-state index in [1.165, 1.54) is 0 Å². The molecule has 3 nitrogen and oxygen atoms in total. The molecule has 0 saturated carbocycles. The summed E-state index contributed by atoms with van der Waals surface area (Å²) in [4.78, 5) is 13.4. The molecule has 0 radical (unpaired) electrons. The van der Waals surface area contributed by atoms with Crippen molar-refractivity contribution in [2.24, 2.45) is 4.99 Å². The first-order chi connectivity index (χ1) is 9.41. The minimum absolute atomic E-state index is 0.239. The Hall–Kier alpha value is -1.74. The second kappa shape index (κ2) is 4.38. The lowest BCUT2D eigenvalue weighted by atomic mass is 9.79. The van der Waals surface area contributed by atoms with Crippen LogP contribution in [0.3, 0.4) is 0 Å². The summed E-state index contributed by atoms with van der Waals surface area (Å²) in [5, 5.41) is 0.766. The molecule has 1 aliphatic heterocycles. The average Bonchev–Trinajstić information content (AvgIpc) is 2.68. The molecule has 1 aliphatic rings. The third-order valence-electron chi connectivity index (χ3n) is 3.82. The highest BCUT2D eigenvalue weighted by Gasteiger charge is 2.38. The lowest BCUT2D eigenvalue weighted by molar-refractivity contribution is 0.736. The smallest absolute Gasteiger partial charge is 0.125 e. The van der Waals surface area contributed by atoms with Crippen LogP contribution in [0.5, 0.6) is 0 Å². The van der Waals surface area contributed by atoms with Crippen molar-refractivity contribution in [3.05, 3.63) is 52.1 Å². The van der Waals surface area contributed by atoms with Crippen molar-refractivity contribution in [3.8, 4) is 0 Å². The van der Waals surface area contributed by atoms with Crippen molar-refractivity contribution < 1.29 is 0 Å². The van der Waals surface area contributed by atoms with Crippen molar-refractivity contribution in [1.82, 2.24) is 9.97 Å². The molecular weight excluding hydrogens is 270 g/mol. The minimum atomic E-state index is -0.239. The standard InChI is InChI=1S/C16H16ClN3/c1-9-5-6-12(17)13-14(9)20-15(16(13,3)4)11-7-18-10(2)19-8-11/h5-8H,1-4H3. The maximum atomic E-state index is 6.40. The second-order valence-corrected chi connectivity index (χ2v) is 6.10. The lowest BCUT2D eigenvalue weighted by Crippen LogP contribution is -2.27. The van der Waals surface area contributed by atoms with Gasteiger partial charge in [0.15, 0.2) is 0 Å². The van der Waals surface area contributed by atoms with Crippen LogP contribution in [0.25, 0.3) is 0 Å². The van der Waals surface area contributed by atoms with Crippen molar-refractivity contribution in [3.63, 3.8) is 0 Å². The Balaban J connectivity index is 2.21. The van der Waals surface area contributed by atoms with Crippen molar-refractivity contribution in [2.75, 3.05) is 0 Å². The summed E-state index contributed by atoms with van der Waals surface area (Å²) in [6, 6.07) is 3.96. The molecule has 0 amide bonds. The molecule has 0 saturated heterocycles. The maximum absolute atomic E-state index is 6.40. The van der Waals surface area contributed by atoms with Crippen LogP contribution in [-0.4, -0.2) is 15.7 Å². The van der Waals surface area contributed by atoms with Crippen LogP contribution >= 0.6 is 11.6 Å². The number of aryl methyl sites for hydroxylation is 2. The van der Waals surface area contributed by atoms with Gasteiger partial charge in [-0.3, -0.25) is 4.99 Å². The number of benzene rings is 1. The Morgan fingerprint density at radius 1 is 1.05 bits per heavy atom. The van der Waals surface area contributed by atoms with E-state index >= 15 is 0 Å². The predicted molar refractivity (Wildman–Crippen MR) is 82.2 cm³/mol. The highest BCUT2D eigenvalue weighted by atomic mass is 35.5. The molecule has 20 heavy (non-hydrogen) atoms. The molecule has 0 aliphatic carbocycles. The van der Waals surface area contributed by atoms with Gasteiger partial charge in [-0.25, -0.2) is 9.97 Å². The number of halogens is 1. The zero-order valence-electron chi connectivity index (χ0n) is 12.0. The van der Waals surface area contributed by atoms with E-state index in [0.29, 0.717) is 0 Å². The fourth-order valence-electron chi connectivity index (χ4n) is 2.72. The summed E-state index contributed by atoms with van der Waals surface area (Å²) in [7, 11) is 0. The van der Waals surface area contributed by atoms with E-state index in [9.17, 15) is 0 Å². The van der Waals surface area contributed by atoms with Gasteiger partial charge in [0.2, 0.25) is 0 Å². The van der Waals surface area contributed by atoms with Gasteiger partial charge in [0.05, 0.1) is 11.4 Å². The topological polar surface area (TPSA) is 38.1 Å². The molecular formula is C16H16ClN3. The van der Waals surface area contributed by atoms with Crippen molar-refractivity contribution in [2.45, 2.75) is 33.1 Å². The van der Waals surface area contributed by atoms with Gasteiger partial charge in [-0.2, -0.15) is 0 Å². The molecule has 0 atom stereocenters. The summed E-state index contributed by atoms with van der Waals surface area (Å²) >= 11 is 6.40. The zero-order chi connectivity index (χ0) is 14.5. The molecule has 0 bridgehead atoms. The van der Waals surface area contributed by atoms with Gasteiger partial charge in [0.1, 0.15) is 5.82 Å². The molecule has 0 N–H and O–H groups in total. The number of fused-ring (bicyclic) bond motifs is 1. The molecule has 0 spiro atoms. The van der Waals surface area contributed by atoms with E-state index in [0.717, 1.165) is 38.9 Å². The normalized spacial score (nSPS) is 15.9. The van der Waals surface area contributed by atoms with E-state index in [2.05, 4.69) is 30.7 Å².